The summed E-state index contributed by atoms with van der Waals surface area (Å²) in [6, 6.07) is 14.6. The Bertz CT molecular complexity index is 820. The molecule has 2 aliphatic heterocycles. The number of likely N-dealkylation sites (tertiary alicyclic amines) is 2. The molecular weight excluding hydrogens is 358 g/mol. The van der Waals surface area contributed by atoms with Crippen LogP contribution in [0.1, 0.15) is 36.8 Å². The number of nitrogens with zero attached hydrogens (tertiary/aromatic N) is 3. The van der Waals surface area contributed by atoms with E-state index in [1.165, 1.54) is 31.4 Å². The smallest absolute Gasteiger partial charge is 0.246 e. The molecule has 29 heavy (non-hydrogen) atoms. The van der Waals surface area contributed by atoms with Crippen molar-refractivity contribution >= 4 is 12.0 Å². The molecule has 1 unspecified atom stereocenters. The van der Waals surface area contributed by atoms with Gasteiger partial charge in [-0.1, -0.05) is 30.3 Å². The van der Waals surface area contributed by atoms with Crippen molar-refractivity contribution in [2.45, 2.75) is 32.1 Å². The molecule has 2 aromatic rings. The van der Waals surface area contributed by atoms with Gasteiger partial charge in [0.05, 0.1) is 0 Å². The lowest BCUT2D eigenvalue weighted by atomic mass is 9.79. The molecule has 2 fully saturated rings. The summed E-state index contributed by atoms with van der Waals surface area (Å²) in [6.45, 7) is 5.29. The third-order valence-electron chi connectivity index (χ3n) is 6.40. The van der Waals surface area contributed by atoms with Crippen molar-refractivity contribution in [3.63, 3.8) is 0 Å². The van der Waals surface area contributed by atoms with Gasteiger partial charge in [-0.2, -0.15) is 0 Å². The molecule has 1 spiro atoms. The molecule has 1 atom stereocenters. The van der Waals surface area contributed by atoms with Gasteiger partial charge in [0.2, 0.25) is 5.91 Å². The van der Waals surface area contributed by atoms with Crippen LogP contribution in [0.3, 0.4) is 0 Å². The molecule has 2 aliphatic rings. The minimum Gasteiger partial charge on any atom is -0.339 e. The summed E-state index contributed by atoms with van der Waals surface area (Å²) < 4.78 is 0. The highest BCUT2D eigenvalue weighted by Gasteiger charge is 2.42. The SMILES string of the molecule is O=C(C=Cc1ccncc1)N1CCC2(CCCN(CCCc3ccccc3)C2)C1. The Morgan fingerprint density at radius 3 is 2.69 bits per heavy atom. The van der Waals surface area contributed by atoms with E-state index in [4.69, 9.17) is 0 Å². The molecular formula is C25H31N3O. The molecule has 0 aliphatic carbocycles. The highest BCUT2D eigenvalue weighted by Crippen LogP contribution is 2.39. The Balaban J connectivity index is 1.27. The fourth-order valence-electron chi connectivity index (χ4n) is 4.86. The fraction of sp³-hybridized carbons (Fsp3) is 0.440. The molecule has 4 heteroatoms. The van der Waals surface area contributed by atoms with Gasteiger partial charge in [-0.05, 0) is 74.5 Å². The maximum atomic E-state index is 12.7. The van der Waals surface area contributed by atoms with Gasteiger partial charge in [-0.25, -0.2) is 0 Å². The minimum absolute atomic E-state index is 0.139. The summed E-state index contributed by atoms with van der Waals surface area (Å²) in [6.07, 6.45) is 13.1. The highest BCUT2D eigenvalue weighted by atomic mass is 16.2. The summed E-state index contributed by atoms with van der Waals surface area (Å²) in [5.74, 6) is 0.139. The second-order valence-corrected chi connectivity index (χ2v) is 8.59. The number of hydrogen-bond acceptors (Lipinski definition) is 3. The second kappa shape index (κ2) is 9.36. The molecule has 2 saturated heterocycles. The molecule has 1 aromatic carbocycles. The van der Waals surface area contributed by atoms with E-state index in [2.05, 4.69) is 40.2 Å². The number of amides is 1. The van der Waals surface area contributed by atoms with Gasteiger partial charge in [-0.15, -0.1) is 0 Å². The first-order valence-electron chi connectivity index (χ1n) is 10.9. The van der Waals surface area contributed by atoms with Gasteiger partial charge < -0.3 is 9.80 Å². The molecule has 0 N–H and O–H groups in total. The number of aromatic nitrogens is 1. The largest absolute Gasteiger partial charge is 0.339 e. The zero-order valence-electron chi connectivity index (χ0n) is 17.2. The quantitative estimate of drug-likeness (QED) is 0.700. The van der Waals surface area contributed by atoms with Crippen LogP contribution < -0.4 is 0 Å². The number of carbonyl (C=O) groups excluding carboxylic acids is 1. The van der Waals surface area contributed by atoms with Crippen molar-refractivity contribution in [3.8, 4) is 0 Å². The van der Waals surface area contributed by atoms with Gasteiger partial charge >= 0.3 is 0 Å². The second-order valence-electron chi connectivity index (χ2n) is 8.59. The Morgan fingerprint density at radius 1 is 1.03 bits per heavy atom. The van der Waals surface area contributed by atoms with Gasteiger partial charge in [0.1, 0.15) is 0 Å². The number of piperidine rings is 1. The molecule has 0 radical (unpaired) electrons. The first-order chi connectivity index (χ1) is 14.2. The molecule has 0 saturated carbocycles. The van der Waals surface area contributed by atoms with Crippen LogP contribution in [0, 0.1) is 5.41 Å². The Labute approximate surface area is 174 Å². The lowest BCUT2D eigenvalue weighted by molar-refractivity contribution is -0.125. The third-order valence-corrected chi connectivity index (χ3v) is 6.40. The predicted octanol–water partition coefficient (Wildman–Crippen LogP) is 4.04. The average molecular weight is 390 g/mol. The first-order valence-corrected chi connectivity index (χ1v) is 10.9. The van der Waals surface area contributed by atoms with Gasteiger partial charge in [0.25, 0.3) is 0 Å². The normalized spacial score (nSPS) is 22.6. The van der Waals surface area contributed by atoms with Gasteiger partial charge in [0.15, 0.2) is 0 Å². The Morgan fingerprint density at radius 2 is 1.86 bits per heavy atom. The van der Waals surface area contributed by atoms with Crippen LogP contribution in [0.25, 0.3) is 6.08 Å². The molecule has 4 nitrogen and oxygen atoms in total. The summed E-state index contributed by atoms with van der Waals surface area (Å²) in [4.78, 5) is 21.4. The van der Waals surface area contributed by atoms with E-state index in [-0.39, 0.29) is 5.91 Å². The van der Waals surface area contributed by atoms with Crippen LogP contribution in [-0.4, -0.2) is 53.4 Å². The van der Waals surface area contributed by atoms with E-state index >= 15 is 0 Å². The van der Waals surface area contributed by atoms with Crippen molar-refractivity contribution < 1.29 is 4.79 Å². The number of hydrogen-bond donors (Lipinski definition) is 0. The van der Waals surface area contributed by atoms with Crippen LogP contribution in [0.2, 0.25) is 0 Å². The van der Waals surface area contributed by atoms with Crippen molar-refractivity contribution in [3.05, 3.63) is 72.1 Å². The zero-order chi connectivity index (χ0) is 19.9. The van der Waals surface area contributed by atoms with Gasteiger partial charge in [-0.3, -0.25) is 9.78 Å². The summed E-state index contributed by atoms with van der Waals surface area (Å²) in [5, 5.41) is 0. The van der Waals surface area contributed by atoms with E-state index < -0.39 is 0 Å². The van der Waals surface area contributed by atoms with E-state index in [1.807, 2.05) is 23.1 Å². The van der Waals surface area contributed by atoms with Crippen molar-refractivity contribution in [2.75, 3.05) is 32.7 Å². The molecule has 1 amide bonds. The van der Waals surface area contributed by atoms with Crippen LogP contribution in [-0.2, 0) is 11.2 Å². The fourth-order valence-corrected chi connectivity index (χ4v) is 4.86. The minimum atomic E-state index is 0.139. The molecule has 1 aromatic heterocycles. The molecule has 3 heterocycles. The van der Waals surface area contributed by atoms with E-state index in [9.17, 15) is 4.79 Å². The van der Waals surface area contributed by atoms with E-state index in [0.717, 1.165) is 44.6 Å². The number of aryl methyl sites for hydroxylation is 1. The van der Waals surface area contributed by atoms with Crippen LogP contribution in [0.5, 0.6) is 0 Å². The maximum Gasteiger partial charge on any atom is 0.246 e. The van der Waals surface area contributed by atoms with Crippen LogP contribution in [0.15, 0.2) is 60.9 Å². The molecule has 0 bridgehead atoms. The molecule has 152 valence electrons. The standard InChI is InChI=1S/C25H31N3O/c29-24(10-9-23-11-15-26-16-12-23)28-19-14-25(21-28)13-5-18-27(20-25)17-4-8-22-6-2-1-3-7-22/h1-3,6-7,9-12,15-16H,4-5,8,13-14,17-21H2. The predicted molar refractivity (Wildman–Crippen MR) is 117 cm³/mol. The van der Waals surface area contributed by atoms with Crippen molar-refractivity contribution in [2.24, 2.45) is 5.41 Å². The van der Waals surface area contributed by atoms with Gasteiger partial charge in [0, 0.05) is 43.5 Å². The summed E-state index contributed by atoms with van der Waals surface area (Å²) >= 11 is 0. The number of pyridine rings is 1. The van der Waals surface area contributed by atoms with E-state index in [1.54, 1.807) is 18.5 Å². The summed E-state index contributed by atoms with van der Waals surface area (Å²) in [5.41, 5.74) is 2.74. The highest BCUT2D eigenvalue weighted by molar-refractivity contribution is 5.92. The summed E-state index contributed by atoms with van der Waals surface area (Å²) in [7, 11) is 0. The topological polar surface area (TPSA) is 36.4 Å². The Kier molecular flexibility index (Phi) is 6.40. The lowest BCUT2D eigenvalue weighted by Gasteiger charge is -2.40. The number of rotatable bonds is 6. The van der Waals surface area contributed by atoms with E-state index in [0.29, 0.717) is 5.41 Å². The first kappa shape index (κ1) is 19.8. The maximum absolute atomic E-state index is 12.7. The lowest BCUT2D eigenvalue weighted by Crippen LogP contribution is -2.45. The monoisotopic (exact) mass is 389 g/mol. The zero-order valence-corrected chi connectivity index (χ0v) is 17.2. The number of benzene rings is 1. The van der Waals surface area contributed by atoms with Crippen LogP contribution >= 0.6 is 0 Å². The van der Waals surface area contributed by atoms with Crippen molar-refractivity contribution in [1.29, 1.82) is 0 Å². The number of carbonyl (C=O) groups is 1. The van der Waals surface area contributed by atoms with Crippen molar-refractivity contribution in [1.82, 2.24) is 14.8 Å². The third kappa shape index (κ3) is 5.33. The van der Waals surface area contributed by atoms with Crippen LogP contribution in [0.4, 0.5) is 0 Å². The average Bonchev–Trinajstić information content (AvgIpc) is 3.17. The Hall–Kier alpha value is -2.46. The molecule has 4 rings (SSSR count).